The molecule has 2 N–H and O–H groups in total. The number of hydrogen-bond donors (Lipinski definition) is 2. The third kappa shape index (κ3) is 2.43. The van der Waals surface area contributed by atoms with E-state index >= 15 is 0 Å². The first-order chi connectivity index (χ1) is 8.61. The van der Waals surface area contributed by atoms with Crippen LogP contribution in [-0.4, -0.2) is 39.1 Å². The molecule has 0 fully saturated rings. The fourth-order valence-electron chi connectivity index (χ4n) is 1.69. The number of nitrogens with one attached hydrogen (secondary N) is 2. The summed E-state index contributed by atoms with van der Waals surface area (Å²) in [5.41, 5.74) is 1.30. The maximum Gasteiger partial charge on any atom is 0.262 e. The van der Waals surface area contributed by atoms with Gasteiger partial charge in [0.25, 0.3) is 5.91 Å². The zero-order valence-electron chi connectivity index (χ0n) is 10.3. The fourth-order valence-corrected chi connectivity index (χ4v) is 1.69. The monoisotopic (exact) mass is 249 g/mol. The normalized spacial score (nSPS) is 13.3. The highest BCUT2D eigenvalue weighted by Gasteiger charge is 2.18. The summed E-state index contributed by atoms with van der Waals surface area (Å²) in [6, 6.07) is 5.25. The Labute approximate surface area is 105 Å². The minimum absolute atomic E-state index is 0.0286. The highest BCUT2D eigenvalue weighted by molar-refractivity contribution is 5.98. The standard InChI is InChI=1S/C12H15N3O3/c1-13-6-12(17)15(2)8-3-4-10-9(5-8)14-11(16)7-18-10/h3-5,13H,6-7H2,1-2H3,(H,14,16). The van der Waals surface area contributed by atoms with E-state index in [9.17, 15) is 9.59 Å². The molecule has 0 saturated carbocycles. The van der Waals surface area contributed by atoms with Gasteiger partial charge in [-0.25, -0.2) is 0 Å². The Kier molecular flexibility index (Phi) is 3.47. The van der Waals surface area contributed by atoms with Gasteiger partial charge in [-0.1, -0.05) is 0 Å². The van der Waals surface area contributed by atoms with E-state index in [1.807, 2.05) is 0 Å². The van der Waals surface area contributed by atoms with Gasteiger partial charge in [-0.15, -0.1) is 0 Å². The van der Waals surface area contributed by atoms with Crippen LogP contribution in [0.3, 0.4) is 0 Å². The van der Waals surface area contributed by atoms with E-state index in [-0.39, 0.29) is 25.0 Å². The van der Waals surface area contributed by atoms with Crippen molar-refractivity contribution >= 4 is 23.2 Å². The van der Waals surface area contributed by atoms with Crippen molar-refractivity contribution in [2.75, 3.05) is 37.5 Å². The summed E-state index contributed by atoms with van der Waals surface area (Å²) in [5.74, 6) is 0.372. The van der Waals surface area contributed by atoms with Gasteiger partial charge in [0.2, 0.25) is 5.91 Å². The van der Waals surface area contributed by atoms with E-state index in [4.69, 9.17) is 4.74 Å². The highest BCUT2D eigenvalue weighted by Crippen LogP contribution is 2.31. The van der Waals surface area contributed by atoms with Crippen molar-refractivity contribution in [3.8, 4) is 5.75 Å². The molecule has 96 valence electrons. The molecule has 0 atom stereocenters. The van der Waals surface area contributed by atoms with Gasteiger partial charge in [0.1, 0.15) is 5.75 Å². The van der Waals surface area contributed by atoms with Crippen molar-refractivity contribution in [3.63, 3.8) is 0 Å². The molecule has 1 aromatic carbocycles. The van der Waals surface area contributed by atoms with Crippen molar-refractivity contribution in [1.29, 1.82) is 0 Å². The number of amides is 2. The molecule has 0 aromatic heterocycles. The molecule has 0 saturated heterocycles. The molecule has 18 heavy (non-hydrogen) atoms. The summed E-state index contributed by atoms with van der Waals surface area (Å²) >= 11 is 0. The first kappa shape index (κ1) is 12.4. The maximum atomic E-state index is 11.7. The minimum Gasteiger partial charge on any atom is -0.482 e. The van der Waals surface area contributed by atoms with Gasteiger partial charge in [0.15, 0.2) is 6.61 Å². The molecule has 2 rings (SSSR count). The van der Waals surface area contributed by atoms with Crippen molar-refractivity contribution in [3.05, 3.63) is 18.2 Å². The van der Waals surface area contributed by atoms with Gasteiger partial charge >= 0.3 is 0 Å². The molecule has 0 bridgehead atoms. The molecule has 1 heterocycles. The Hall–Kier alpha value is -2.08. The number of carbonyl (C=O) groups is 2. The maximum absolute atomic E-state index is 11.7. The second-order valence-electron chi connectivity index (χ2n) is 4.00. The summed E-state index contributed by atoms with van der Waals surface area (Å²) in [7, 11) is 3.40. The van der Waals surface area contributed by atoms with Crippen LogP contribution in [0.5, 0.6) is 5.75 Å². The third-order valence-electron chi connectivity index (χ3n) is 2.69. The molecule has 1 aliphatic rings. The van der Waals surface area contributed by atoms with Gasteiger partial charge in [-0.2, -0.15) is 0 Å². The Morgan fingerprint density at radius 2 is 2.33 bits per heavy atom. The topological polar surface area (TPSA) is 70.7 Å². The van der Waals surface area contributed by atoms with Crippen LogP contribution < -0.4 is 20.3 Å². The van der Waals surface area contributed by atoms with Crippen LogP contribution in [0.1, 0.15) is 0 Å². The summed E-state index contributed by atoms with van der Waals surface area (Å²) in [6.45, 7) is 0.289. The quantitative estimate of drug-likeness (QED) is 0.802. The molecule has 2 amide bonds. The molecule has 0 unspecified atom stereocenters. The number of likely N-dealkylation sites (N-methyl/N-ethyl adjacent to an activating group) is 2. The molecule has 6 nitrogen and oxygen atoms in total. The fraction of sp³-hybridized carbons (Fsp3) is 0.333. The number of carbonyl (C=O) groups excluding carboxylic acids is 2. The predicted octanol–water partition coefficient (Wildman–Crippen LogP) is 0.200. The number of ether oxygens (including phenoxy) is 1. The zero-order chi connectivity index (χ0) is 13.1. The lowest BCUT2D eigenvalue weighted by atomic mass is 10.2. The molecule has 1 aliphatic heterocycles. The highest BCUT2D eigenvalue weighted by atomic mass is 16.5. The lowest BCUT2D eigenvalue weighted by Gasteiger charge is -2.22. The van der Waals surface area contributed by atoms with Gasteiger partial charge in [0.05, 0.1) is 12.2 Å². The lowest BCUT2D eigenvalue weighted by Crippen LogP contribution is -2.34. The second kappa shape index (κ2) is 5.05. The summed E-state index contributed by atoms with van der Waals surface area (Å²) in [6.07, 6.45) is 0. The zero-order valence-corrected chi connectivity index (χ0v) is 10.3. The second-order valence-corrected chi connectivity index (χ2v) is 4.00. The van der Waals surface area contributed by atoms with Crippen LogP contribution in [0.2, 0.25) is 0 Å². The van der Waals surface area contributed by atoms with E-state index in [1.54, 1.807) is 32.3 Å². The lowest BCUT2D eigenvalue weighted by molar-refractivity contribution is -0.118. The van der Waals surface area contributed by atoms with Crippen molar-refractivity contribution < 1.29 is 14.3 Å². The average molecular weight is 249 g/mol. The van der Waals surface area contributed by atoms with Crippen molar-refractivity contribution in [2.45, 2.75) is 0 Å². The molecule has 0 radical (unpaired) electrons. The van der Waals surface area contributed by atoms with Crippen LogP contribution in [0, 0.1) is 0 Å². The predicted molar refractivity (Wildman–Crippen MR) is 67.9 cm³/mol. The number of anilines is 2. The minimum atomic E-state index is -0.191. The number of hydrogen-bond acceptors (Lipinski definition) is 4. The van der Waals surface area contributed by atoms with Crippen molar-refractivity contribution in [2.24, 2.45) is 0 Å². The Morgan fingerprint density at radius 3 is 3.06 bits per heavy atom. The van der Waals surface area contributed by atoms with Gasteiger partial charge in [-0.05, 0) is 25.2 Å². The van der Waals surface area contributed by atoms with E-state index < -0.39 is 0 Å². The number of benzene rings is 1. The van der Waals surface area contributed by atoms with E-state index in [2.05, 4.69) is 10.6 Å². The van der Waals surface area contributed by atoms with Crippen LogP contribution in [0.25, 0.3) is 0 Å². The molecule has 0 spiro atoms. The SMILES string of the molecule is CNCC(=O)N(C)c1ccc2c(c1)NC(=O)CO2. The third-order valence-corrected chi connectivity index (χ3v) is 2.69. The average Bonchev–Trinajstić information content (AvgIpc) is 2.37. The van der Waals surface area contributed by atoms with Crippen LogP contribution in [-0.2, 0) is 9.59 Å². The van der Waals surface area contributed by atoms with Gasteiger partial charge in [-0.3, -0.25) is 9.59 Å². The molecular weight excluding hydrogens is 234 g/mol. The first-order valence-corrected chi connectivity index (χ1v) is 5.59. The Bertz CT molecular complexity index is 487. The number of rotatable bonds is 3. The molecule has 0 aliphatic carbocycles. The van der Waals surface area contributed by atoms with Gasteiger partial charge < -0.3 is 20.3 Å². The number of fused-ring (bicyclic) bond motifs is 1. The molecule has 6 heteroatoms. The Morgan fingerprint density at radius 1 is 1.56 bits per heavy atom. The van der Waals surface area contributed by atoms with Crippen LogP contribution >= 0.6 is 0 Å². The van der Waals surface area contributed by atoms with Crippen molar-refractivity contribution in [1.82, 2.24) is 5.32 Å². The molecule has 1 aromatic rings. The summed E-state index contributed by atoms with van der Waals surface area (Å²) in [5, 5.41) is 5.51. The smallest absolute Gasteiger partial charge is 0.262 e. The Balaban J connectivity index is 2.22. The van der Waals surface area contributed by atoms with Gasteiger partial charge in [0, 0.05) is 12.7 Å². The summed E-state index contributed by atoms with van der Waals surface area (Å²) < 4.78 is 5.25. The van der Waals surface area contributed by atoms with E-state index in [0.29, 0.717) is 17.1 Å². The summed E-state index contributed by atoms with van der Waals surface area (Å²) in [4.78, 5) is 24.5. The molecular formula is C12H15N3O3. The largest absolute Gasteiger partial charge is 0.482 e. The number of nitrogens with zero attached hydrogens (tertiary/aromatic N) is 1. The van der Waals surface area contributed by atoms with E-state index in [0.717, 1.165) is 0 Å². The van der Waals surface area contributed by atoms with E-state index in [1.165, 1.54) is 4.90 Å². The van der Waals surface area contributed by atoms with Crippen LogP contribution in [0.15, 0.2) is 18.2 Å². The first-order valence-electron chi connectivity index (χ1n) is 5.59. The van der Waals surface area contributed by atoms with Crippen LogP contribution in [0.4, 0.5) is 11.4 Å².